The summed E-state index contributed by atoms with van der Waals surface area (Å²) in [5.41, 5.74) is 16.9. The highest BCUT2D eigenvalue weighted by molar-refractivity contribution is 14.1. The van der Waals surface area contributed by atoms with E-state index in [0.29, 0.717) is 17.9 Å². The second-order valence-electron chi connectivity index (χ2n) is 14.7. The molecule has 5 aromatic carbocycles. The number of hydrogen-bond acceptors (Lipinski definition) is 3. The lowest BCUT2D eigenvalue weighted by Gasteiger charge is -2.20. The Morgan fingerprint density at radius 2 is 1.13 bits per heavy atom. The number of unbranched alkanes of at least 4 members (excludes halogenated alkanes) is 6. The standard InChI is InChI=1S/C49H57IO3/c1-8-10-12-17-21-38-30-47(50)40(22-18-13-11-9-2)29-46(38)45-28-35(5)44(27-36(45)6)43-26-33(3)42(25-34(43)4)39-23-24-41(49(51)52-7)48(31-39)53-32-37-19-15-14-16-20-37/h14-16,19-20,23-31H,8-13,17-18,21-22,32H2,1-7H3. The van der Waals surface area contributed by atoms with E-state index in [-0.39, 0.29) is 0 Å². The van der Waals surface area contributed by atoms with Gasteiger partial charge in [0.1, 0.15) is 17.9 Å². The third kappa shape index (κ3) is 10.2. The van der Waals surface area contributed by atoms with Gasteiger partial charge in [-0.25, -0.2) is 4.79 Å². The second-order valence-corrected chi connectivity index (χ2v) is 15.8. The molecule has 0 aromatic heterocycles. The van der Waals surface area contributed by atoms with Crippen LogP contribution >= 0.6 is 22.6 Å². The fourth-order valence-electron chi connectivity index (χ4n) is 7.43. The molecule has 3 nitrogen and oxygen atoms in total. The summed E-state index contributed by atoms with van der Waals surface area (Å²) < 4.78 is 12.7. The number of methoxy groups -OCH3 is 1. The minimum absolute atomic E-state index is 0.364. The smallest absolute Gasteiger partial charge is 0.341 e. The van der Waals surface area contributed by atoms with Gasteiger partial charge in [-0.05, 0) is 173 Å². The summed E-state index contributed by atoms with van der Waals surface area (Å²) in [5, 5.41) is 0. The van der Waals surface area contributed by atoms with Crippen molar-refractivity contribution in [2.75, 3.05) is 7.11 Å². The van der Waals surface area contributed by atoms with Crippen LogP contribution in [0.4, 0.5) is 0 Å². The van der Waals surface area contributed by atoms with Crippen molar-refractivity contribution in [1.82, 2.24) is 0 Å². The van der Waals surface area contributed by atoms with Gasteiger partial charge in [0.05, 0.1) is 7.11 Å². The molecule has 5 aromatic rings. The van der Waals surface area contributed by atoms with Crippen LogP contribution in [0.5, 0.6) is 5.75 Å². The fourth-order valence-corrected chi connectivity index (χ4v) is 8.23. The normalized spacial score (nSPS) is 11.2. The van der Waals surface area contributed by atoms with Gasteiger partial charge in [-0.1, -0.05) is 113 Å². The maximum absolute atomic E-state index is 12.7. The summed E-state index contributed by atoms with van der Waals surface area (Å²) in [4.78, 5) is 12.7. The van der Waals surface area contributed by atoms with Crippen LogP contribution < -0.4 is 4.74 Å². The van der Waals surface area contributed by atoms with Crippen molar-refractivity contribution >= 4 is 28.6 Å². The average Bonchev–Trinajstić information content (AvgIpc) is 3.16. The molecule has 4 heteroatoms. The molecule has 0 aliphatic heterocycles. The van der Waals surface area contributed by atoms with Gasteiger partial charge in [0.15, 0.2) is 0 Å². The van der Waals surface area contributed by atoms with Gasteiger partial charge >= 0.3 is 5.97 Å². The molecule has 0 saturated carbocycles. The molecule has 0 heterocycles. The molecule has 0 aliphatic rings. The number of carbonyl (C=O) groups excluding carboxylic acids is 1. The van der Waals surface area contributed by atoms with Crippen LogP contribution in [-0.4, -0.2) is 13.1 Å². The first kappa shape index (κ1) is 40.3. The predicted molar refractivity (Wildman–Crippen MR) is 232 cm³/mol. The molecule has 0 amide bonds. The highest BCUT2D eigenvalue weighted by Gasteiger charge is 2.19. The van der Waals surface area contributed by atoms with Gasteiger partial charge in [-0.3, -0.25) is 0 Å². The largest absolute Gasteiger partial charge is 0.488 e. The topological polar surface area (TPSA) is 35.5 Å². The molecule has 0 fully saturated rings. The van der Waals surface area contributed by atoms with E-state index >= 15 is 0 Å². The zero-order valence-electron chi connectivity index (χ0n) is 33.0. The Hall–Kier alpha value is -3.90. The number of rotatable bonds is 17. The number of aryl methyl sites for hydroxylation is 6. The van der Waals surface area contributed by atoms with Gasteiger partial charge < -0.3 is 9.47 Å². The van der Waals surface area contributed by atoms with Crippen LogP contribution in [0, 0.1) is 31.3 Å². The average molecular weight is 821 g/mol. The molecule has 278 valence electrons. The van der Waals surface area contributed by atoms with Gasteiger partial charge in [0.2, 0.25) is 0 Å². The van der Waals surface area contributed by atoms with Gasteiger partial charge in [-0.2, -0.15) is 0 Å². The Kier molecular flexibility index (Phi) is 14.8. The lowest BCUT2D eigenvalue weighted by atomic mass is 9.85. The maximum Gasteiger partial charge on any atom is 0.341 e. The summed E-state index contributed by atoms with van der Waals surface area (Å²) in [7, 11) is 1.40. The van der Waals surface area contributed by atoms with E-state index in [2.05, 4.69) is 101 Å². The molecule has 0 saturated heterocycles. The molecule has 0 spiro atoms. The van der Waals surface area contributed by atoms with Gasteiger partial charge in [0.25, 0.3) is 0 Å². The van der Waals surface area contributed by atoms with E-state index < -0.39 is 5.97 Å². The molecule has 0 N–H and O–H groups in total. The van der Waals surface area contributed by atoms with Crippen LogP contribution in [-0.2, 0) is 24.2 Å². The molecule has 0 atom stereocenters. The van der Waals surface area contributed by atoms with Gasteiger partial charge in [-0.15, -0.1) is 0 Å². The summed E-state index contributed by atoms with van der Waals surface area (Å²) in [6.07, 6.45) is 12.5. The Morgan fingerprint density at radius 1 is 0.585 bits per heavy atom. The quantitative estimate of drug-likeness (QED) is 0.0532. The summed E-state index contributed by atoms with van der Waals surface area (Å²) in [5.74, 6) is 0.111. The Labute approximate surface area is 332 Å². The molecule has 53 heavy (non-hydrogen) atoms. The predicted octanol–water partition coefficient (Wildman–Crippen LogP) is 14.1. The Bertz CT molecular complexity index is 2010. The molecule has 0 unspecified atom stereocenters. The molecule has 0 aliphatic carbocycles. The summed E-state index contributed by atoms with van der Waals surface area (Å²) >= 11 is 2.58. The van der Waals surface area contributed by atoms with E-state index in [9.17, 15) is 4.79 Å². The fraction of sp³-hybridized carbons (Fsp3) is 0.367. The van der Waals surface area contributed by atoms with Crippen molar-refractivity contribution in [3.05, 3.63) is 133 Å². The van der Waals surface area contributed by atoms with E-state index in [1.165, 1.54) is 118 Å². The van der Waals surface area contributed by atoms with Crippen LogP contribution in [0.3, 0.4) is 0 Å². The van der Waals surface area contributed by atoms with E-state index in [1.54, 1.807) is 0 Å². The zero-order chi connectivity index (χ0) is 37.9. The number of hydrogen-bond donors (Lipinski definition) is 0. The van der Waals surface area contributed by atoms with Gasteiger partial charge in [0, 0.05) is 3.57 Å². The number of ether oxygens (including phenoxy) is 2. The number of benzene rings is 5. The van der Waals surface area contributed by atoms with E-state index in [0.717, 1.165) is 29.5 Å². The minimum atomic E-state index is -0.408. The first-order valence-electron chi connectivity index (χ1n) is 19.6. The highest BCUT2D eigenvalue weighted by atomic mass is 127. The van der Waals surface area contributed by atoms with Crippen LogP contribution in [0.1, 0.15) is 115 Å². The SMILES string of the molecule is CCCCCCc1cc(-c2cc(C)c(-c3cc(C)c(-c4ccc(C(=O)OC)c(OCc5ccccc5)c4)cc3C)cc2C)c(CCCCCC)cc1I. The van der Waals surface area contributed by atoms with Crippen LogP contribution in [0.15, 0.2) is 84.9 Å². The number of halogens is 1. The van der Waals surface area contributed by atoms with Crippen molar-refractivity contribution < 1.29 is 14.3 Å². The Morgan fingerprint density at radius 3 is 1.72 bits per heavy atom. The van der Waals surface area contributed by atoms with E-state index in [4.69, 9.17) is 9.47 Å². The first-order valence-corrected chi connectivity index (χ1v) is 20.7. The zero-order valence-corrected chi connectivity index (χ0v) is 35.1. The summed E-state index contributed by atoms with van der Waals surface area (Å²) in [6, 6.07) is 30.2. The lowest BCUT2D eigenvalue weighted by molar-refractivity contribution is 0.0595. The lowest BCUT2D eigenvalue weighted by Crippen LogP contribution is -2.06. The second kappa shape index (κ2) is 19.4. The maximum atomic E-state index is 12.7. The van der Waals surface area contributed by atoms with Crippen molar-refractivity contribution in [3.8, 4) is 39.1 Å². The third-order valence-electron chi connectivity index (χ3n) is 10.5. The first-order chi connectivity index (χ1) is 25.6. The highest BCUT2D eigenvalue weighted by Crippen LogP contribution is 2.39. The van der Waals surface area contributed by atoms with Crippen molar-refractivity contribution in [3.63, 3.8) is 0 Å². The molecular weight excluding hydrogens is 763 g/mol. The van der Waals surface area contributed by atoms with Crippen LogP contribution in [0.2, 0.25) is 0 Å². The van der Waals surface area contributed by atoms with Crippen LogP contribution in [0.25, 0.3) is 33.4 Å². The molecule has 5 rings (SSSR count). The minimum Gasteiger partial charge on any atom is -0.488 e. The number of carbonyl (C=O) groups is 1. The van der Waals surface area contributed by atoms with Crippen molar-refractivity contribution in [2.24, 2.45) is 0 Å². The van der Waals surface area contributed by atoms with Crippen molar-refractivity contribution in [2.45, 2.75) is 112 Å². The van der Waals surface area contributed by atoms with E-state index in [1.807, 2.05) is 48.5 Å². The third-order valence-corrected chi connectivity index (χ3v) is 11.5. The molecule has 0 radical (unpaired) electrons. The number of esters is 1. The molecular formula is C49H57IO3. The molecule has 0 bridgehead atoms. The van der Waals surface area contributed by atoms with Crippen molar-refractivity contribution in [1.29, 1.82) is 0 Å². The monoisotopic (exact) mass is 820 g/mol. The Balaban J connectivity index is 1.49. The summed E-state index contributed by atoms with van der Waals surface area (Å²) in [6.45, 7) is 13.9.